The number of hydrogen-bond donors (Lipinski definition) is 2. The smallest absolute Gasteiger partial charge is 0.339 e. The lowest BCUT2D eigenvalue weighted by molar-refractivity contribution is 0.0596. The van der Waals surface area contributed by atoms with Crippen molar-refractivity contribution in [3.63, 3.8) is 0 Å². The molecule has 0 spiro atoms. The maximum atomic E-state index is 12.4. The Morgan fingerprint density at radius 3 is 2.40 bits per heavy atom. The van der Waals surface area contributed by atoms with E-state index in [9.17, 15) is 18.3 Å². The molecule has 0 amide bonds. The summed E-state index contributed by atoms with van der Waals surface area (Å²) < 4.78 is 31.7. The monoisotopic (exact) mass is 301 g/mol. The number of nitrogens with one attached hydrogen (secondary N) is 1. The van der Waals surface area contributed by atoms with Crippen LogP contribution in [0.3, 0.4) is 0 Å². The second-order valence-corrected chi connectivity index (χ2v) is 6.64. The molecule has 1 rings (SSSR count). The van der Waals surface area contributed by atoms with Crippen molar-refractivity contribution in [2.45, 2.75) is 37.3 Å². The Hall–Kier alpha value is -1.44. The third-order valence-electron chi connectivity index (χ3n) is 3.02. The minimum absolute atomic E-state index is 0.0520. The van der Waals surface area contributed by atoms with Crippen LogP contribution in [-0.2, 0) is 14.8 Å². The maximum Gasteiger partial charge on any atom is 0.339 e. The van der Waals surface area contributed by atoms with Gasteiger partial charge in [0.05, 0.1) is 29.2 Å². The topological polar surface area (TPSA) is 92.7 Å². The van der Waals surface area contributed by atoms with Crippen LogP contribution in [-0.4, -0.2) is 38.2 Å². The van der Waals surface area contributed by atoms with Crippen molar-refractivity contribution in [1.82, 2.24) is 4.72 Å². The minimum atomic E-state index is -3.96. The number of methoxy groups -OCH3 is 1. The van der Waals surface area contributed by atoms with Crippen molar-refractivity contribution in [1.29, 1.82) is 0 Å². The quantitative estimate of drug-likeness (QED) is 0.789. The fraction of sp³-hybridized carbons (Fsp3) is 0.462. The second kappa shape index (κ2) is 5.90. The van der Waals surface area contributed by atoms with Crippen LogP contribution in [0.4, 0.5) is 0 Å². The van der Waals surface area contributed by atoms with E-state index in [1.807, 2.05) is 0 Å². The van der Waals surface area contributed by atoms with Gasteiger partial charge in [0.2, 0.25) is 10.0 Å². The minimum Gasteiger partial charge on any atom is -0.465 e. The largest absolute Gasteiger partial charge is 0.465 e. The number of benzene rings is 1. The summed E-state index contributed by atoms with van der Waals surface area (Å²) in [6, 6.07) is 5.74. The van der Waals surface area contributed by atoms with Gasteiger partial charge in [-0.05, 0) is 32.9 Å². The average Bonchev–Trinajstić information content (AvgIpc) is 2.36. The number of carbonyl (C=O) groups excluding carboxylic acids is 1. The molecular formula is C13H19NO5S. The van der Waals surface area contributed by atoms with Gasteiger partial charge >= 0.3 is 5.97 Å². The fourth-order valence-corrected chi connectivity index (χ4v) is 3.14. The van der Waals surface area contributed by atoms with Crippen LogP contribution in [0.15, 0.2) is 29.2 Å². The number of esters is 1. The number of ether oxygens (including phenoxy) is 1. The Morgan fingerprint density at radius 1 is 1.35 bits per heavy atom. The lowest BCUT2D eigenvalue weighted by Gasteiger charge is -2.29. The van der Waals surface area contributed by atoms with E-state index < -0.39 is 27.6 Å². The molecule has 0 saturated heterocycles. The van der Waals surface area contributed by atoms with Crippen LogP contribution in [0.25, 0.3) is 0 Å². The Kier molecular flexibility index (Phi) is 4.90. The van der Waals surface area contributed by atoms with Gasteiger partial charge in [0, 0.05) is 0 Å². The van der Waals surface area contributed by atoms with Gasteiger partial charge in [-0.1, -0.05) is 12.1 Å². The highest BCUT2D eigenvalue weighted by molar-refractivity contribution is 7.89. The summed E-state index contributed by atoms with van der Waals surface area (Å²) in [7, 11) is -2.78. The summed E-state index contributed by atoms with van der Waals surface area (Å²) >= 11 is 0. The van der Waals surface area contributed by atoms with E-state index in [1.165, 1.54) is 32.2 Å². The highest BCUT2D eigenvalue weighted by Gasteiger charge is 2.32. The number of sulfonamides is 1. The zero-order valence-electron chi connectivity index (χ0n) is 11.9. The predicted octanol–water partition coefficient (Wildman–Crippen LogP) is 0.911. The van der Waals surface area contributed by atoms with Crippen molar-refractivity contribution < 1.29 is 23.1 Å². The second-order valence-electron chi connectivity index (χ2n) is 4.99. The first kappa shape index (κ1) is 16.6. The van der Waals surface area contributed by atoms with Crippen LogP contribution in [0.5, 0.6) is 0 Å². The molecule has 1 aromatic carbocycles. The standard InChI is InChI=1S/C13H19NO5S/c1-9(15)13(2,3)14-20(17,18)11-8-6-5-7-10(11)12(16)19-4/h5-9,14-15H,1-4H3. The molecule has 0 heterocycles. The zero-order chi connectivity index (χ0) is 15.6. The van der Waals surface area contributed by atoms with Gasteiger partial charge in [-0.2, -0.15) is 0 Å². The summed E-state index contributed by atoms with van der Waals surface area (Å²) in [4.78, 5) is 11.4. The molecule has 0 bridgehead atoms. The van der Waals surface area contributed by atoms with Crippen molar-refractivity contribution in [3.05, 3.63) is 29.8 Å². The number of aliphatic hydroxyl groups is 1. The Bertz CT molecular complexity index is 593. The first-order valence-electron chi connectivity index (χ1n) is 6.01. The zero-order valence-corrected chi connectivity index (χ0v) is 12.7. The molecule has 0 aliphatic heterocycles. The molecule has 6 nitrogen and oxygen atoms in total. The average molecular weight is 301 g/mol. The van der Waals surface area contributed by atoms with E-state index in [0.29, 0.717) is 0 Å². The highest BCUT2D eigenvalue weighted by Crippen LogP contribution is 2.20. The number of aliphatic hydroxyl groups excluding tert-OH is 1. The van der Waals surface area contributed by atoms with Crippen molar-refractivity contribution in [2.24, 2.45) is 0 Å². The molecule has 0 fully saturated rings. The SMILES string of the molecule is COC(=O)c1ccccc1S(=O)(=O)NC(C)(C)C(C)O. The predicted molar refractivity (Wildman–Crippen MR) is 73.9 cm³/mol. The van der Waals surface area contributed by atoms with Crippen molar-refractivity contribution >= 4 is 16.0 Å². The molecule has 1 atom stereocenters. The van der Waals surface area contributed by atoms with Gasteiger partial charge in [0.15, 0.2) is 0 Å². The van der Waals surface area contributed by atoms with Gasteiger partial charge in [-0.25, -0.2) is 17.9 Å². The van der Waals surface area contributed by atoms with Crippen LogP contribution < -0.4 is 4.72 Å². The molecule has 1 unspecified atom stereocenters. The molecule has 20 heavy (non-hydrogen) atoms. The van der Waals surface area contributed by atoms with E-state index in [-0.39, 0.29) is 10.5 Å². The Morgan fingerprint density at radius 2 is 1.90 bits per heavy atom. The van der Waals surface area contributed by atoms with Crippen LogP contribution >= 0.6 is 0 Å². The van der Waals surface area contributed by atoms with Gasteiger partial charge in [-0.3, -0.25) is 0 Å². The summed E-state index contributed by atoms with van der Waals surface area (Å²) in [6.45, 7) is 4.58. The molecule has 7 heteroatoms. The maximum absolute atomic E-state index is 12.4. The molecule has 0 radical (unpaired) electrons. The first-order chi connectivity index (χ1) is 9.12. The molecule has 1 aromatic rings. The number of carbonyl (C=O) groups is 1. The molecule has 0 aliphatic rings. The van der Waals surface area contributed by atoms with Crippen LogP contribution in [0.2, 0.25) is 0 Å². The number of rotatable bonds is 5. The van der Waals surface area contributed by atoms with Crippen molar-refractivity contribution in [3.8, 4) is 0 Å². The lowest BCUT2D eigenvalue weighted by Crippen LogP contribution is -2.51. The Labute approximate surface area is 118 Å². The highest BCUT2D eigenvalue weighted by atomic mass is 32.2. The summed E-state index contributed by atoms with van der Waals surface area (Å²) in [6.07, 6.45) is -0.900. The van der Waals surface area contributed by atoms with Crippen LogP contribution in [0.1, 0.15) is 31.1 Å². The molecule has 0 aromatic heterocycles. The molecule has 112 valence electrons. The van der Waals surface area contributed by atoms with E-state index in [4.69, 9.17) is 0 Å². The summed E-state index contributed by atoms with van der Waals surface area (Å²) in [5.74, 6) is -0.735. The molecule has 0 aliphatic carbocycles. The lowest BCUT2D eigenvalue weighted by atomic mass is 10.0. The van der Waals surface area contributed by atoms with Gasteiger partial charge in [0.1, 0.15) is 0 Å². The van der Waals surface area contributed by atoms with E-state index >= 15 is 0 Å². The number of hydrogen-bond acceptors (Lipinski definition) is 5. The van der Waals surface area contributed by atoms with Gasteiger partial charge in [-0.15, -0.1) is 0 Å². The summed E-state index contributed by atoms with van der Waals surface area (Å²) in [5, 5.41) is 9.60. The molecular weight excluding hydrogens is 282 g/mol. The molecule has 0 saturated carbocycles. The van der Waals surface area contributed by atoms with E-state index in [1.54, 1.807) is 19.9 Å². The van der Waals surface area contributed by atoms with Gasteiger partial charge in [0.25, 0.3) is 0 Å². The Balaban J connectivity index is 3.27. The first-order valence-corrected chi connectivity index (χ1v) is 7.49. The van der Waals surface area contributed by atoms with Crippen molar-refractivity contribution in [2.75, 3.05) is 7.11 Å². The van der Waals surface area contributed by atoms with E-state index in [0.717, 1.165) is 0 Å². The van der Waals surface area contributed by atoms with E-state index in [2.05, 4.69) is 9.46 Å². The van der Waals surface area contributed by atoms with Gasteiger partial charge < -0.3 is 9.84 Å². The van der Waals surface area contributed by atoms with Crippen LogP contribution in [0, 0.1) is 0 Å². The normalized spacial score (nSPS) is 13.8. The third kappa shape index (κ3) is 3.56. The summed E-state index contributed by atoms with van der Waals surface area (Å²) in [5.41, 5.74) is -1.12. The fourth-order valence-electron chi connectivity index (χ4n) is 1.47. The third-order valence-corrected chi connectivity index (χ3v) is 4.75. The molecule has 2 N–H and O–H groups in total.